The lowest BCUT2D eigenvalue weighted by Crippen LogP contribution is -2.13. The highest BCUT2D eigenvalue weighted by Crippen LogP contribution is 2.05. The van der Waals surface area contributed by atoms with Crippen molar-refractivity contribution in [1.82, 2.24) is 9.97 Å². The van der Waals surface area contributed by atoms with Crippen LogP contribution < -0.4 is 0 Å². The first kappa shape index (κ1) is 11.8. The van der Waals surface area contributed by atoms with Gasteiger partial charge in [0.1, 0.15) is 12.4 Å². The molecular formula is C13H16N2O2. The van der Waals surface area contributed by atoms with E-state index in [1.54, 1.807) is 12.4 Å². The van der Waals surface area contributed by atoms with Crippen molar-refractivity contribution in [2.45, 2.75) is 26.4 Å². The average molecular weight is 232 g/mol. The number of aromatic nitrogens is 2. The molecule has 2 aromatic rings. The van der Waals surface area contributed by atoms with E-state index in [1.165, 1.54) is 0 Å². The van der Waals surface area contributed by atoms with Gasteiger partial charge in [-0.2, -0.15) is 0 Å². The summed E-state index contributed by atoms with van der Waals surface area (Å²) in [4.78, 5) is 7.05. The minimum atomic E-state index is -0.250. The molecule has 0 aliphatic rings. The van der Waals surface area contributed by atoms with Crippen LogP contribution in [0, 0.1) is 0 Å². The zero-order valence-corrected chi connectivity index (χ0v) is 9.80. The van der Waals surface area contributed by atoms with E-state index >= 15 is 0 Å². The van der Waals surface area contributed by atoms with Crippen LogP contribution in [0.5, 0.6) is 0 Å². The van der Waals surface area contributed by atoms with Crippen molar-refractivity contribution in [3.63, 3.8) is 0 Å². The first-order valence-corrected chi connectivity index (χ1v) is 5.60. The van der Waals surface area contributed by atoms with Gasteiger partial charge in [0.25, 0.3) is 0 Å². The number of hydrogen-bond donors (Lipinski definition) is 1. The SMILES string of the molecule is CC(OCc1ccccc1)OCc1ncc[nH]1. The van der Waals surface area contributed by atoms with E-state index in [0.29, 0.717) is 13.2 Å². The first-order chi connectivity index (χ1) is 8.34. The Morgan fingerprint density at radius 3 is 2.65 bits per heavy atom. The van der Waals surface area contributed by atoms with Crippen molar-refractivity contribution in [3.8, 4) is 0 Å². The van der Waals surface area contributed by atoms with Gasteiger partial charge in [-0.1, -0.05) is 30.3 Å². The van der Waals surface area contributed by atoms with Crippen molar-refractivity contribution in [1.29, 1.82) is 0 Å². The molecule has 1 aromatic heterocycles. The number of nitrogens with zero attached hydrogens (tertiary/aromatic N) is 1. The number of ether oxygens (including phenoxy) is 2. The Hall–Kier alpha value is -1.65. The van der Waals surface area contributed by atoms with Crippen molar-refractivity contribution >= 4 is 0 Å². The van der Waals surface area contributed by atoms with Gasteiger partial charge < -0.3 is 14.5 Å². The molecule has 1 heterocycles. The predicted molar refractivity (Wildman–Crippen MR) is 64.1 cm³/mol. The molecule has 0 bridgehead atoms. The van der Waals surface area contributed by atoms with Crippen LogP contribution in [0.4, 0.5) is 0 Å². The topological polar surface area (TPSA) is 47.1 Å². The van der Waals surface area contributed by atoms with E-state index in [1.807, 2.05) is 37.3 Å². The zero-order chi connectivity index (χ0) is 11.9. The summed E-state index contributed by atoms with van der Waals surface area (Å²) < 4.78 is 11.1. The zero-order valence-electron chi connectivity index (χ0n) is 9.80. The number of rotatable bonds is 6. The molecule has 90 valence electrons. The molecule has 0 aliphatic heterocycles. The molecule has 4 heteroatoms. The molecule has 0 saturated carbocycles. The maximum absolute atomic E-state index is 5.56. The second-order valence-electron chi connectivity index (χ2n) is 3.71. The van der Waals surface area contributed by atoms with E-state index in [4.69, 9.17) is 9.47 Å². The predicted octanol–water partition coefficient (Wildman–Crippen LogP) is 2.49. The number of benzene rings is 1. The number of H-pyrrole nitrogens is 1. The molecule has 0 fully saturated rings. The van der Waals surface area contributed by atoms with E-state index < -0.39 is 0 Å². The van der Waals surface area contributed by atoms with Gasteiger partial charge in [0.15, 0.2) is 6.29 Å². The van der Waals surface area contributed by atoms with Crippen LogP contribution in [0.25, 0.3) is 0 Å². The summed E-state index contributed by atoms with van der Waals surface area (Å²) in [5, 5.41) is 0. The fourth-order valence-corrected chi connectivity index (χ4v) is 1.41. The normalized spacial score (nSPS) is 12.5. The maximum Gasteiger partial charge on any atom is 0.155 e. The maximum atomic E-state index is 5.56. The molecule has 0 spiro atoms. The van der Waals surface area contributed by atoms with Crippen LogP contribution in [0.15, 0.2) is 42.7 Å². The van der Waals surface area contributed by atoms with Gasteiger partial charge in [-0.15, -0.1) is 0 Å². The van der Waals surface area contributed by atoms with Gasteiger partial charge in [-0.25, -0.2) is 4.98 Å². The lowest BCUT2D eigenvalue weighted by molar-refractivity contribution is -0.146. The highest BCUT2D eigenvalue weighted by Gasteiger charge is 2.04. The summed E-state index contributed by atoms with van der Waals surface area (Å²) in [6.45, 7) is 2.87. The minimum Gasteiger partial charge on any atom is -0.348 e. The minimum absolute atomic E-state index is 0.250. The summed E-state index contributed by atoms with van der Waals surface area (Å²) in [7, 11) is 0. The Kier molecular flexibility index (Phi) is 4.30. The average Bonchev–Trinajstić information content (AvgIpc) is 2.88. The third kappa shape index (κ3) is 4.01. The molecule has 17 heavy (non-hydrogen) atoms. The molecule has 4 nitrogen and oxygen atoms in total. The molecule has 0 radical (unpaired) electrons. The second kappa shape index (κ2) is 6.18. The van der Waals surface area contributed by atoms with Gasteiger partial charge in [0, 0.05) is 12.4 Å². The largest absolute Gasteiger partial charge is 0.348 e. The standard InChI is InChI=1S/C13H16N2O2/c1-11(17-10-13-14-7-8-15-13)16-9-12-5-3-2-4-6-12/h2-8,11H,9-10H2,1H3,(H,14,15). The van der Waals surface area contributed by atoms with Gasteiger partial charge >= 0.3 is 0 Å². The van der Waals surface area contributed by atoms with Crippen LogP contribution >= 0.6 is 0 Å². The molecule has 0 aliphatic carbocycles. The Bertz CT molecular complexity index is 414. The van der Waals surface area contributed by atoms with Crippen molar-refractivity contribution in [2.24, 2.45) is 0 Å². The first-order valence-electron chi connectivity index (χ1n) is 5.60. The third-order valence-electron chi connectivity index (χ3n) is 2.34. The summed E-state index contributed by atoms with van der Waals surface area (Å²) in [5.74, 6) is 0.806. The summed E-state index contributed by atoms with van der Waals surface area (Å²) >= 11 is 0. The molecule has 1 atom stereocenters. The van der Waals surface area contributed by atoms with Crippen LogP contribution in [0.3, 0.4) is 0 Å². The van der Waals surface area contributed by atoms with Crippen LogP contribution in [0.1, 0.15) is 18.3 Å². The summed E-state index contributed by atoms with van der Waals surface area (Å²) in [6, 6.07) is 10.0. The Morgan fingerprint density at radius 2 is 1.94 bits per heavy atom. The lowest BCUT2D eigenvalue weighted by Gasteiger charge is -2.13. The van der Waals surface area contributed by atoms with Crippen LogP contribution in [-0.4, -0.2) is 16.3 Å². The van der Waals surface area contributed by atoms with Crippen LogP contribution in [-0.2, 0) is 22.7 Å². The summed E-state index contributed by atoms with van der Waals surface area (Å²) in [6.07, 6.45) is 3.22. The van der Waals surface area contributed by atoms with Gasteiger partial charge in [-0.05, 0) is 12.5 Å². The molecular weight excluding hydrogens is 216 g/mol. The fourth-order valence-electron chi connectivity index (χ4n) is 1.41. The van der Waals surface area contributed by atoms with Crippen molar-refractivity contribution < 1.29 is 9.47 Å². The van der Waals surface area contributed by atoms with E-state index in [-0.39, 0.29) is 6.29 Å². The summed E-state index contributed by atoms with van der Waals surface area (Å²) in [5.41, 5.74) is 1.14. The van der Waals surface area contributed by atoms with Crippen molar-refractivity contribution in [3.05, 3.63) is 54.1 Å². The highest BCUT2D eigenvalue weighted by molar-refractivity contribution is 5.13. The molecule has 1 unspecified atom stereocenters. The number of aromatic amines is 1. The van der Waals surface area contributed by atoms with Gasteiger partial charge in [-0.3, -0.25) is 0 Å². The van der Waals surface area contributed by atoms with E-state index in [9.17, 15) is 0 Å². The number of nitrogens with one attached hydrogen (secondary N) is 1. The van der Waals surface area contributed by atoms with E-state index in [2.05, 4.69) is 9.97 Å². The van der Waals surface area contributed by atoms with Gasteiger partial charge in [0.05, 0.1) is 6.61 Å². The quantitative estimate of drug-likeness (QED) is 0.778. The number of hydrogen-bond acceptors (Lipinski definition) is 3. The fraction of sp³-hybridized carbons (Fsp3) is 0.308. The molecule has 0 saturated heterocycles. The lowest BCUT2D eigenvalue weighted by atomic mass is 10.2. The molecule has 1 N–H and O–H groups in total. The Labute approximate surface area is 101 Å². The number of imidazole rings is 1. The molecule has 2 rings (SSSR count). The third-order valence-corrected chi connectivity index (χ3v) is 2.34. The second-order valence-corrected chi connectivity index (χ2v) is 3.71. The Balaban J connectivity index is 1.69. The molecule has 1 aromatic carbocycles. The van der Waals surface area contributed by atoms with Gasteiger partial charge in [0.2, 0.25) is 0 Å². The van der Waals surface area contributed by atoms with Crippen LogP contribution in [0.2, 0.25) is 0 Å². The Morgan fingerprint density at radius 1 is 1.18 bits per heavy atom. The van der Waals surface area contributed by atoms with E-state index in [0.717, 1.165) is 11.4 Å². The highest BCUT2D eigenvalue weighted by atomic mass is 16.7. The monoisotopic (exact) mass is 232 g/mol. The molecule has 0 amide bonds. The van der Waals surface area contributed by atoms with Crippen molar-refractivity contribution in [2.75, 3.05) is 0 Å². The smallest absolute Gasteiger partial charge is 0.155 e.